The second-order valence-electron chi connectivity index (χ2n) is 8.70. The minimum Gasteiger partial charge on any atom is -0.379 e. The van der Waals surface area contributed by atoms with Gasteiger partial charge >= 0.3 is 0 Å². The second kappa shape index (κ2) is 15.8. The normalized spacial score (nSPS) is 14.1. The van der Waals surface area contributed by atoms with Crippen molar-refractivity contribution >= 4 is 11.7 Å². The molecule has 0 aromatic rings. The van der Waals surface area contributed by atoms with Gasteiger partial charge in [-0.2, -0.15) is 0 Å². The van der Waals surface area contributed by atoms with Crippen LogP contribution in [-0.2, 0) is 23.8 Å². The summed E-state index contributed by atoms with van der Waals surface area (Å²) < 4.78 is 16.5. The number of nitrogens with zero attached hydrogens (tertiary/aromatic N) is 1. The second-order valence-corrected chi connectivity index (χ2v) is 8.70. The average Bonchev–Trinajstić information content (AvgIpc) is 2.60. The third-order valence-electron chi connectivity index (χ3n) is 4.56. The highest BCUT2D eigenvalue weighted by Crippen LogP contribution is 2.11. The molecule has 1 unspecified atom stereocenters. The highest BCUT2D eigenvalue weighted by Gasteiger charge is 2.30. The molecule has 0 saturated carbocycles. The Kier molecular flexibility index (Phi) is 15.2. The lowest BCUT2D eigenvalue weighted by molar-refractivity contribution is -0.132. The molecule has 0 saturated heterocycles. The van der Waals surface area contributed by atoms with Crippen LogP contribution in [-0.4, -0.2) is 81.9 Å². The molecule has 0 aromatic heterocycles. The van der Waals surface area contributed by atoms with Gasteiger partial charge in [-0.05, 0) is 31.7 Å². The molecule has 2 atom stereocenters. The summed E-state index contributed by atoms with van der Waals surface area (Å²) in [5.41, 5.74) is 0. The van der Waals surface area contributed by atoms with Crippen LogP contribution in [0.4, 0.5) is 0 Å². The molecular formula is C22H44N2O5. The Morgan fingerprint density at radius 3 is 1.79 bits per heavy atom. The van der Waals surface area contributed by atoms with Crippen LogP contribution >= 0.6 is 0 Å². The van der Waals surface area contributed by atoms with E-state index in [9.17, 15) is 9.59 Å². The van der Waals surface area contributed by atoms with E-state index in [1.807, 2.05) is 39.6 Å². The fourth-order valence-electron chi connectivity index (χ4n) is 3.09. The van der Waals surface area contributed by atoms with Crippen molar-refractivity contribution in [2.45, 2.75) is 60.5 Å². The lowest BCUT2D eigenvalue weighted by Gasteiger charge is -2.32. The molecule has 1 N–H and O–H groups in total. The molecule has 0 radical (unpaired) electrons. The number of rotatable bonds is 17. The molecule has 0 fully saturated rings. The number of amides is 1. The van der Waals surface area contributed by atoms with Crippen molar-refractivity contribution < 1.29 is 23.8 Å². The molecule has 172 valence electrons. The van der Waals surface area contributed by atoms with Crippen LogP contribution in [0, 0.1) is 17.8 Å². The smallest absolute Gasteiger partial charge is 0.238 e. The van der Waals surface area contributed by atoms with Gasteiger partial charge in [-0.25, -0.2) is 0 Å². The van der Waals surface area contributed by atoms with E-state index >= 15 is 0 Å². The first kappa shape index (κ1) is 28.0. The van der Waals surface area contributed by atoms with Crippen molar-refractivity contribution in [1.29, 1.82) is 0 Å². The van der Waals surface area contributed by atoms with Gasteiger partial charge in [-0.1, -0.05) is 41.5 Å². The van der Waals surface area contributed by atoms with Crippen LogP contribution in [0.2, 0.25) is 0 Å². The molecule has 0 bridgehead atoms. The summed E-state index contributed by atoms with van der Waals surface area (Å²) in [6, 6.07) is -0.761. The molecular weight excluding hydrogens is 372 g/mol. The number of likely N-dealkylation sites (N-methyl/N-ethyl adjacent to an activating group) is 1. The zero-order valence-electron chi connectivity index (χ0n) is 19.8. The summed E-state index contributed by atoms with van der Waals surface area (Å²) in [5.74, 6) is 0.589. The molecule has 0 aliphatic rings. The monoisotopic (exact) mass is 416 g/mol. The highest BCUT2D eigenvalue weighted by atomic mass is 16.5. The predicted octanol–water partition coefficient (Wildman–Crippen LogP) is 2.38. The number of hydrogen-bond acceptors (Lipinski definition) is 6. The van der Waals surface area contributed by atoms with Crippen LogP contribution in [0.15, 0.2) is 0 Å². The topological polar surface area (TPSA) is 77.1 Å². The third kappa shape index (κ3) is 13.0. The number of nitrogens with one attached hydrogen (secondary N) is 1. The van der Waals surface area contributed by atoms with Crippen molar-refractivity contribution in [2.24, 2.45) is 17.8 Å². The van der Waals surface area contributed by atoms with Gasteiger partial charge in [0.2, 0.25) is 5.91 Å². The maximum absolute atomic E-state index is 12.8. The highest BCUT2D eigenvalue weighted by molar-refractivity contribution is 5.89. The number of Topliss-reactive ketones (excluding diaryl/α,β-unsaturated/α-hetero) is 1. The summed E-state index contributed by atoms with van der Waals surface area (Å²) in [6.45, 7) is 17.7. The molecule has 0 aliphatic heterocycles. The zero-order chi connectivity index (χ0) is 22.4. The first-order valence-electron chi connectivity index (χ1n) is 10.8. The van der Waals surface area contributed by atoms with E-state index in [1.165, 1.54) is 6.92 Å². The van der Waals surface area contributed by atoms with E-state index in [0.717, 1.165) is 6.61 Å². The van der Waals surface area contributed by atoms with Gasteiger partial charge in [0.1, 0.15) is 0 Å². The fraction of sp³-hybridized carbons (Fsp3) is 0.909. The van der Waals surface area contributed by atoms with E-state index in [-0.39, 0.29) is 29.6 Å². The molecule has 0 aliphatic carbocycles. The SMILES string of the molecule is CC(=O)[C@@H](NC(=O)C(C(C)C)N(C)CCOCCOCCOCC(C)C)C(C)C. The molecule has 29 heavy (non-hydrogen) atoms. The maximum Gasteiger partial charge on any atom is 0.238 e. The lowest BCUT2D eigenvalue weighted by atomic mass is 9.97. The van der Waals surface area contributed by atoms with Gasteiger partial charge in [0, 0.05) is 13.2 Å². The first-order valence-corrected chi connectivity index (χ1v) is 10.8. The van der Waals surface area contributed by atoms with Gasteiger partial charge in [0.15, 0.2) is 5.78 Å². The Hall–Kier alpha value is -1.02. The van der Waals surface area contributed by atoms with E-state index in [4.69, 9.17) is 14.2 Å². The Bertz CT molecular complexity index is 454. The minimum absolute atomic E-state index is 0.0172. The van der Waals surface area contributed by atoms with Crippen LogP contribution in [0.1, 0.15) is 48.5 Å². The molecule has 0 aromatic carbocycles. The van der Waals surface area contributed by atoms with Crippen molar-refractivity contribution in [3.05, 3.63) is 0 Å². The summed E-state index contributed by atoms with van der Waals surface area (Å²) in [4.78, 5) is 26.6. The molecule has 1 amide bonds. The fourth-order valence-corrected chi connectivity index (χ4v) is 3.09. The molecule has 7 nitrogen and oxygen atoms in total. The Labute approximate surface area is 177 Å². The Morgan fingerprint density at radius 1 is 0.828 bits per heavy atom. The number of ketones is 1. The van der Waals surface area contributed by atoms with E-state index in [2.05, 4.69) is 19.2 Å². The summed E-state index contributed by atoms with van der Waals surface area (Å²) in [6.07, 6.45) is 0. The summed E-state index contributed by atoms with van der Waals surface area (Å²) in [5, 5.41) is 2.92. The maximum atomic E-state index is 12.8. The number of carbonyl (C=O) groups excluding carboxylic acids is 2. The number of carbonyl (C=O) groups is 2. The van der Waals surface area contributed by atoms with E-state index in [0.29, 0.717) is 45.5 Å². The molecule has 0 rings (SSSR count). The molecule has 0 heterocycles. The molecule has 0 spiro atoms. The van der Waals surface area contributed by atoms with Crippen molar-refractivity contribution in [2.75, 3.05) is 53.2 Å². The predicted molar refractivity (Wildman–Crippen MR) is 116 cm³/mol. The minimum atomic E-state index is -0.449. The van der Waals surface area contributed by atoms with Gasteiger partial charge in [0.05, 0.1) is 45.1 Å². The Morgan fingerprint density at radius 2 is 1.34 bits per heavy atom. The van der Waals surface area contributed by atoms with Crippen LogP contribution in [0.3, 0.4) is 0 Å². The Balaban J connectivity index is 4.18. The third-order valence-corrected chi connectivity index (χ3v) is 4.56. The largest absolute Gasteiger partial charge is 0.379 e. The molecule has 7 heteroatoms. The number of hydrogen-bond donors (Lipinski definition) is 1. The van der Waals surface area contributed by atoms with Gasteiger partial charge in [-0.15, -0.1) is 0 Å². The summed E-state index contributed by atoms with van der Waals surface area (Å²) >= 11 is 0. The lowest BCUT2D eigenvalue weighted by Crippen LogP contribution is -2.54. The van der Waals surface area contributed by atoms with Gasteiger partial charge in [-0.3, -0.25) is 14.5 Å². The van der Waals surface area contributed by atoms with Crippen molar-refractivity contribution in [3.8, 4) is 0 Å². The van der Waals surface area contributed by atoms with Crippen LogP contribution in [0.5, 0.6) is 0 Å². The van der Waals surface area contributed by atoms with Gasteiger partial charge < -0.3 is 19.5 Å². The quantitative estimate of drug-likeness (QED) is 0.367. The first-order chi connectivity index (χ1) is 13.6. The van der Waals surface area contributed by atoms with Crippen molar-refractivity contribution in [1.82, 2.24) is 10.2 Å². The van der Waals surface area contributed by atoms with E-state index < -0.39 is 6.04 Å². The average molecular weight is 417 g/mol. The standard InChI is InChI=1S/C22H44N2O5/c1-16(2)15-29-14-13-28-12-11-27-10-9-24(8)21(18(5)6)22(26)23-20(17(3)4)19(7)25/h16-18,20-21H,9-15H2,1-8H3,(H,23,26)/t20-,21?/m0/s1. The number of ether oxygens (including phenoxy) is 3. The van der Waals surface area contributed by atoms with Gasteiger partial charge in [0.25, 0.3) is 0 Å². The van der Waals surface area contributed by atoms with E-state index in [1.54, 1.807) is 0 Å². The summed E-state index contributed by atoms with van der Waals surface area (Å²) in [7, 11) is 1.91. The van der Waals surface area contributed by atoms with Crippen LogP contribution in [0.25, 0.3) is 0 Å². The zero-order valence-corrected chi connectivity index (χ0v) is 19.8. The van der Waals surface area contributed by atoms with Crippen LogP contribution < -0.4 is 5.32 Å². The van der Waals surface area contributed by atoms with Crippen molar-refractivity contribution in [3.63, 3.8) is 0 Å².